The Morgan fingerprint density at radius 3 is 2.75 bits per heavy atom. The summed E-state index contributed by atoms with van der Waals surface area (Å²) >= 11 is 0. The summed E-state index contributed by atoms with van der Waals surface area (Å²) < 4.78 is 0. The van der Waals surface area contributed by atoms with Crippen LogP contribution in [0.2, 0.25) is 0 Å². The molecule has 1 aromatic carbocycles. The summed E-state index contributed by atoms with van der Waals surface area (Å²) in [5, 5.41) is 13.5. The first-order valence-corrected chi connectivity index (χ1v) is 7.56. The van der Waals surface area contributed by atoms with Crippen LogP contribution in [0.5, 0.6) is 5.75 Å². The first-order valence-electron chi connectivity index (χ1n) is 7.56. The molecule has 0 bridgehead atoms. The van der Waals surface area contributed by atoms with E-state index in [-0.39, 0.29) is 11.7 Å². The SMILES string of the molecule is Cc1nc(C)nc(NC(N)=NCCc2c[nH]c3ccc(O)cc23)n1. The fourth-order valence-corrected chi connectivity index (χ4v) is 2.50. The van der Waals surface area contributed by atoms with E-state index in [4.69, 9.17) is 5.73 Å². The minimum atomic E-state index is 0.244. The highest BCUT2D eigenvalue weighted by Gasteiger charge is 2.05. The molecule has 124 valence electrons. The van der Waals surface area contributed by atoms with Gasteiger partial charge in [0.25, 0.3) is 0 Å². The van der Waals surface area contributed by atoms with Crippen LogP contribution in [0, 0.1) is 13.8 Å². The summed E-state index contributed by atoms with van der Waals surface area (Å²) in [4.78, 5) is 19.9. The topological polar surface area (TPSA) is 125 Å². The van der Waals surface area contributed by atoms with E-state index in [0.29, 0.717) is 30.6 Å². The minimum Gasteiger partial charge on any atom is -0.508 e. The number of hydrogen-bond acceptors (Lipinski definition) is 5. The van der Waals surface area contributed by atoms with Crippen LogP contribution < -0.4 is 11.1 Å². The predicted octanol–water partition coefficient (Wildman–Crippen LogP) is 1.64. The van der Waals surface area contributed by atoms with Crippen molar-refractivity contribution < 1.29 is 5.11 Å². The van der Waals surface area contributed by atoms with Crippen LogP contribution in [0.1, 0.15) is 17.2 Å². The summed E-state index contributed by atoms with van der Waals surface area (Å²) in [5.41, 5.74) is 7.93. The second kappa shape index (κ2) is 6.53. The van der Waals surface area contributed by atoms with Crippen LogP contribution in [0.3, 0.4) is 0 Å². The van der Waals surface area contributed by atoms with E-state index < -0.39 is 0 Å². The van der Waals surface area contributed by atoms with Gasteiger partial charge in [-0.15, -0.1) is 0 Å². The molecule has 0 fully saturated rings. The molecule has 3 aromatic rings. The average Bonchev–Trinajstić information content (AvgIpc) is 2.88. The molecule has 0 amide bonds. The predicted molar refractivity (Wildman–Crippen MR) is 93.1 cm³/mol. The van der Waals surface area contributed by atoms with Crippen molar-refractivity contribution >= 4 is 22.8 Å². The monoisotopic (exact) mass is 325 g/mol. The number of nitrogens with zero attached hydrogens (tertiary/aromatic N) is 4. The molecule has 8 nitrogen and oxygen atoms in total. The standard InChI is InChI=1S/C16H19N7O/c1-9-20-10(2)22-16(21-9)23-15(17)18-6-5-11-8-19-14-4-3-12(24)7-13(11)14/h3-4,7-8,19,24H,5-6H2,1-2H3,(H3,17,18,20,21,22,23). The number of phenols is 1. The molecule has 0 spiro atoms. The third-order valence-corrected chi connectivity index (χ3v) is 3.51. The molecule has 0 aliphatic rings. The lowest BCUT2D eigenvalue weighted by atomic mass is 10.1. The Morgan fingerprint density at radius 2 is 2.00 bits per heavy atom. The van der Waals surface area contributed by atoms with E-state index in [0.717, 1.165) is 16.5 Å². The molecule has 2 heterocycles. The lowest BCUT2D eigenvalue weighted by Crippen LogP contribution is -2.25. The number of aromatic amines is 1. The number of aromatic hydroxyl groups is 1. The molecule has 0 unspecified atom stereocenters. The molecule has 0 radical (unpaired) electrons. The highest BCUT2D eigenvalue weighted by Crippen LogP contribution is 2.23. The summed E-state index contributed by atoms with van der Waals surface area (Å²) in [7, 11) is 0. The number of aryl methyl sites for hydroxylation is 2. The summed E-state index contributed by atoms with van der Waals surface area (Å²) in [6.07, 6.45) is 2.61. The Hall–Kier alpha value is -3.16. The normalized spacial score (nSPS) is 11.8. The molecule has 2 aromatic heterocycles. The third kappa shape index (κ3) is 3.60. The van der Waals surface area contributed by atoms with E-state index in [1.165, 1.54) is 0 Å². The number of nitrogens with one attached hydrogen (secondary N) is 2. The number of rotatable bonds is 4. The van der Waals surface area contributed by atoms with Gasteiger partial charge in [0.05, 0.1) is 0 Å². The number of guanidine groups is 1. The number of phenolic OH excluding ortho intramolecular Hbond substituents is 1. The molecule has 5 N–H and O–H groups in total. The van der Waals surface area contributed by atoms with Crippen molar-refractivity contribution in [2.24, 2.45) is 10.7 Å². The fourth-order valence-electron chi connectivity index (χ4n) is 2.50. The number of anilines is 1. The molecule has 0 saturated carbocycles. The summed E-state index contributed by atoms with van der Waals surface area (Å²) in [6.45, 7) is 4.09. The first-order chi connectivity index (χ1) is 11.5. The highest BCUT2D eigenvalue weighted by molar-refractivity contribution is 5.90. The number of nitrogens with two attached hydrogens (primary N) is 1. The highest BCUT2D eigenvalue weighted by atomic mass is 16.3. The quantitative estimate of drug-likeness (QED) is 0.427. The van der Waals surface area contributed by atoms with Gasteiger partial charge in [-0.05, 0) is 44.0 Å². The number of hydrogen-bond donors (Lipinski definition) is 4. The third-order valence-electron chi connectivity index (χ3n) is 3.51. The molecule has 0 atom stereocenters. The molecule has 0 saturated heterocycles. The van der Waals surface area contributed by atoms with Crippen LogP contribution >= 0.6 is 0 Å². The second-order valence-corrected chi connectivity index (χ2v) is 5.44. The Labute approximate surface area is 138 Å². The van der Waals surface area contributed by atoms with E-state index in [2.05, 4.69) is 30.2 Å². The van der Waals surface area contributed by atoms with E-state index in [1.54, 1.807) is 26.0 Å². The van der Waals surface area contributed by atoms with Gasteiger partial charge in [-0.2, -0.15) is 9.97 Å². The van der Waals surface area contributed by atoms with Crippen molar-refractivity contribution in [2.75, 3.05) is 11.9 Å². The zero-order chi connectivity index (χ0) is 17.1. The molecular weight excluding hydrogens is 306 g/mol. The Bertz CT molecular complexity index is 880. The molecule has 0 aliphatic carbocycles. The van der Waals surface area contributed by atoms with Gasteiger partial charge in [0, 0.05) is 23.6 Å². The van der Waals surface area contributed by atoms with Crippen LogP contribution in [-0.4, -0.2) is 37.5 Å². The second-order valence-electron chi connectivity index (χ2n) is 5.44. The molecule has 0 aliphatic heterocycles. The van der Waals surface area contributed by atoms with Gasteiger partial charge < -0.3 is 15.8 Å². The van der Waals surface area contributed by atoms with Crippen molar-refractivity contribution in [2.45, 2.75) is 20.3 Å². The smallest absolute Gasteiger partial charge is 0.233 e. The van der Waals surface area contributed by atoms with Gasteiger partial charge in [0.2, 0.25) is 5.95 Å². The summed E-state index contributed by atoms with van der Waals surface area (Å²) in [5.74, 6) is 2.13. The lowest BCUT2D eigenvalue weighted by Gasteiger charge is -2.05. The number of aromatic nitrogens is 4. The minimum absolute atomic E-state index is 0.244. The zero-order valence-electron chi connectivity index (χ0n) is 13.5. The Balaban J connectivity index is 1.65. The number of benzene rings is 1. The summed E-state index contributed by atoms with van der Waals surface area (Å²) in [6, 6.07) is 5.24. The maximum absolute atomic E-state index is 9.61. The van der Waals surface area contributed by atoms with Gasteiger partial charge in [0.1, 0.15) is 17.4 Å². The van der Waals surface area contributed by atoms with Crippen LogP contribution in [0.15, 0.2) is 29.4 Å². The van der Waals surface area contributed by atoms with Gasteiger partial charge in [0.15, 0.2) is 5.96 Å². The van der Waals surface area contributed by atoms with E-state index in [1.807, 2.05) is 12.3 Å². The Morgan fingerprint density at radius 1 is 1.25 bits per heavy atom. The number of aliphatic imine (C=N–C) groups is 1. The van der Waals surface area contributed by atoms with Crippen molar-refractivity contribution in [3.8, 4) is 5.75 Å². The maximum Gasteiger partial charge on any atom is 0.233 e. The van der Waals surface area contributed by atoms with Crippen molar-refractivity contribution in [3.05, 3.63) is 41.6 Å². The lowest BCUT2D eigenvalue weighted by molar-refractivity contribution is 0.476. The van der Waals surface area contributed by atoms with E-state index in [9.17, 15) is 5.11 Å². The molecule has 3 rings (SSSR count). The largest absolute Gasteiger partial charge is 0.508 e. The maximum atomic E-state index is 9.61. The molecule has 8 heteroatoms. The zero-order valence-corrected chi connectivity index (χ0v) is 13.5. The van der Waals surface area contributed by atoms with Crippen molar-refractivity contribution in [1.29, 1.82) is 0 Å². The molecular formula is C16H19N7O. The van der Waals surface area contributed by atoms with E-state index >= 15 is 0 Å². The van der Waals surface area contributed by atoms with Gasteiger partial charge >= 0.3 is 0 Å². The van der Waals surface area contributed by atoms with Gasteiger partial charge in [-0.3, -0.25) is 10.3 Å². The van der Waals surface area contributed by atoms with Crippen LogP contribution in [-0.2, 0) is 6.42 Å². The fraction of sp³-hybridized carbons (Fsp3) is 0.250. The first kappa shape index (κ1) is 15.7. The van der Waals surface area contributed by atoms with Crippen LogP contribution in [0.25, 0.3) is 10.9 Å². The molecule has 24 heavy (non-hydrogen) atoms. The Kier molecular flexibility index (Phi) is 4.28. The van der Waals surface area contributed by atoms with Crippen LogP contribution in [0.4, 0.5) is 5.95 Å². The average molecular weight is 325 g/mol. The van der Waals surface area contributed by atoms with Crippen molar-refractivity contribution in [3.63, 3.8) is 0 Å². The number of fused-ring (bicyclic) bond motifs is 1. The van der Waals surface area contributed by atoms with Crippen molar-refractivity contribution in [1.82, 2.24) is 19.9 Å². The number of H-pyrrole nitrogens is 1. The van der Waals surface area contributed by atoms with Gasteiger partial charge in [-0.25, -0.2) is 4.98 Å². The van der Waals surface area contributed by atoms with Gasteiger partial charge in [-0.1, -0.05) is 0 Å².